The average molecular weight is 230 g/mol. The summed E-state index contributed by atoms with van der Waals surface area (Å²) in [5, 5.41) is 3.02. The van der Waals surface area contributed by atoms with Gasteiger partial charge in [-0.1, -0.05) is 6.92 Å². The lowest BCUT2D eigenvalue weighted by molar-refractivity contribution is -0.147. The van der Waals surface area contributed by atoms with E-state index in [0.29, 0.717) is 0 Å². The lowest BCUT2D eigenvalue weighted by Crippen LogP contribution is -2.45. The lowest BCUT2D eigenvalue weighted by atomic mass is 10.3. The summed E-state index contributed by atoms with van der Waals surface area (Å²) in [5.74, 6) is -0.466. The molecular weight excluding hydrogens is 208 g/mol. The molecule has 0 aliphatic rings. The van der Waals surface area contributed by atoms with Crippen LogP contribution in [0.3, 0.4) is 0 Å². The largest absolute Gasteiger partial charge is 0.468 e. The van der Waals surface area contributed by atoms with Crippen LogP contribution in [0.5, 0.6) is 0 Å². The van der Waals surface area contributed by atoms with E-state index in [1.165, 1.54) is 12.0 Å². The Morgan fingerprint density at radius 1 is 1.38 bits per heavy atom. The zero-order valence-corrected chi connectivity index (χ0v) is 10.6. The van der Waals surface area contributed by atoms with Gasteiger partial charge >= 0.3 is 5.97 Å². The van der Waals surface area contributed by atoms with E-state index in [0.717, 1.165) is 13.0 Å². The summed E-state index contributed by atoms with van der Waals surface area (Å²) in [6, 6.07) is -0.00461. The number of amides is 1. The molecule has 0 fully saturated rings. The van der Waals surface area contributed by atoms with Gasteiger partial charge in [0.15, 0.2) is 0 Å². The van der Waals surface area contributed by atoms with Crippen molar-refractivity contribution in [2.45, 2.75) is 33.2 Å². The second-order valence-electron chi connectivity index (χ2n) is 3.87. The summed E-state index contributed by atoms with van der Waals surface area (Å²) in [5.41, 5.74) is 0. The average Bonchev–Trinajstić information content (AvgIpc) is 2.25. The molecule has 0 aromatic carbocycles. The van der Waals surface area contributed by atoms with Gasteiger partial charge in [-0.2, -0.15) is 0 Å². The number of esters is 1. The standard InChI is InChI=1S/C11H22N2O3/c1-5-6-12-7-10(14)13(9(2)3)8-11(15)16-4/h9,12H,5-8H2,1-4H3. The summed E-state index contributed by atoms with van der Waals surface area (Å²) in [6.07, 6.45) is 0.978. The minimum atomic E-state index is -0.391. The normalized spacial score (nSPS) is 10.3. The van der Waals surface area contributed by atoms with Crippen molar-refractivity contribution in [2.24, 2.45) is 0 Å². The highest BCUT2D eigenvalue weighted by Crippen LogP contribution is 1.99. The number of hydrogen-bond donors (Lipinski definition) is 1. The van der Waals surface area contributed by atoms with Crippen molar-refractivity contribution in [2.75, 3.05) is 26.7 Å². The van der Waals surface area contributed by atoms with Crippen LogP contribution < -0.4 is 5.32 Å². The molecule has 0 aliphatic heterocycles. The maximum Gasteiger partial charge on any atom is 0.325 e. The van der Waals surface area contributed by atoms with E-state index < -0.39 is 5.97 Å². The smallest absolute Gasteiger partial charge is 0.325 e. The topological polar surface area (TPSA) is 58.6 Å². The van der Waals surface area contributed by atoms with E-state index in [9.17, 15) is 9.59 Å². The Balaban J connectivity index is 4.19. The molecule has 0 spiro atoms. The predicted molar refractivity (Wildman–Crippen MR) is 62.0 cm³/mol. The van der Waals surface area contributed by atoms with E-state index in [1.54, 1.807) is 0 Å². The first-order valence-corrected chi connectivity index (χ1v) is 5.59. The van der Waals surface area contributed by atoms with Crippen molar-refractivity contribution in [3.05, 3.63) is 0 Å². The Labute approximate surface area is 97.1 Å². The highest BCUT2D eigenvalue weighted by atomic mass is 16.5. The van der Waals surface area contributed by atoms with E-state index in [4.69, 9.17) is 0 Å². The highest BCUT2D eigenvalue weighted by Gasteiger charge is 2.19. The molecule has 1 amide bonds. The fourth-order valence-corrected chi connectivity index (χ4v) is 1.24. The van der Waals surface area contributed by atoms with Crippen molar-refractivity contribution in [3.63, 3.8) is 0 Å². The zero-order valence-electron chi connectivity index (χ0n) is 10.6. The number of nitrogens with zero attached hydrogens (tertiary/aromatic N) is 1. The second-order valence-corrected chi connectivity index (χ2v) is 3.87. The van der Waals surface area contributed by atoms with Crippen molar-refractivity contribution >= 4 is 11.9 Å². The van der Waals surface area contributed by atoms with Gasteiger partial charge in [0.25, 0.3) is 0 Å². The molecule has 0 radical (unpaired) electrons. The summed E-state index contributed by atoms with van der Waals surface area (Å²) < 4.78 is 4.55. The monoisotopic (exact) mass is 230 g/mol. The molecule has 0 bridgehead atoms. The Bertz CT molecular complexity index is 229. The third-order valence-corrected chi connectivity index (χ3v) is 2.17. The number of rotatable bonds is 7. The molecule has 94 valence electrons. The predicted octanol–water partition coefficient (Wildman–Crippen LogP) is 0.396. The SMILES string of the molecule is CCCNCC(=O)N(CC(=O)OC)C(C)C. The molecule has 0 unspecified atom stereocenters. The second kappa shape index (κ2) is 8.10. The van der Waals surface area contributed by atoms with Crippen LogP contribution in [0.4, 0.5) is 0 Å². The van der Waals surface area contributed by atoms with Crippen molar-refractivity contribution < 1.29 is 14.3 Å². The molecule has 0 aromatic rings. The molecule has 1 N–H and O–H groups in total. The fourth-order valence-electron chi connectivity index (χ4n) is 1.24. The van der Waals surface area contributed by atoms with Gasteiger partial charge in [0.05, 0.1) is 13.7 Å². The molecule has 0 aromatic heterocycles. The van der Waals surface area contributed by atoms with E-state index in [2.05, 4.69) is 10.1 Å². The summed E-state index contributed by atoms with van der Waals surface area (Å²) in [4.78, 5) is 24.4. The van der Waals surface area contributed by atoms with Crippen LogP contribution in [0, 0.1) is 0 Å². The number of hydrogen-bond acceptors (Lipinski definition) is 4. The van der Waals surface area contributed by atoms with Crippen LogP contribution in [-0.4, -0.2) is 49.6 Å². The number of methoxy groups -OCH3 is 1. The van der Waals surface area contributed by atoms with Gasteiger partial charge in [-0.15, -0.1) is 0 Å². The maximum absolute atomic E-state index is 11.8. The summed E-state index contributed by atoms with van der Waals surface area (Å²) in [6.45, 7) is 6.87. The van der Waals surface area contributed by atoms with Crippen LogP contribution in [0.2, 0.25) is 0 Å². The summed E-state index contributed by atoms with van der Waals surface area (Å²) in [7, 11) is 1.32. The van der Waals surface area contributed by atoms with E-state index in [1.807, 2.05) is 20.8 Å². The molecule has 0 saturated carbocycles. The summed E-state index contributed by atoms with van der Waals surface area (Å²) >= 11 is 0. The maximum atomic E-state index is 11.8. The van der Waals surface area contributed by atoms with Gasteiger partial charge in [-0.3, -0.25) is 9.59 Å². The Hall–Kier alpha value is -1.10. The number of nitrogens with one attached hydrogen (secondary N) is 1. The van der Waals surface area contributed by atoms with Crippen molar-refractivity contribution in [3.8, 4) is 0 Å². The first-order chi connectivity index (χ1) is 7.52. The number of ether oxygens (including phenoxy) is 1. The number of carbonyl (C=O) groups excluding carboxylic acids is 2. The first kappa shape index (κ1) is 14.9. The quantitative estimate of drug-likeness (QED) is 0.508. The molecular formula is C11H22N2O3. The fraction of sp³-hybridized carbons (Fsp3) is 0.818. The Morgan fingerprint density at radius 2 is 2.00 bits per heavy atom. The van der Waals surface area contributed by atoms with E-state index >= 15 is 0 Å². The minimum absolute atomic E-state index is 0.00461. The zero-order chi connectivity index (χ0) is 12.6. The van der Waals surface area contributed by atoms with E-state index in [-0.39, 0.29) is 25.0 Å². The van der Waals surface area contributed by atoms with Crippen LogP contribution in [0.1, 0.15) is 27.2 Å². The molecule has 0 heterocycles. The van der Waals surface area contributed by atoms with Gasteiger partial charge in [0, 0.05) is 6.04 Å². The van der Waals surface area contributed by atoms with Crippen LogP contribution in [-0.2, 0) is 14.3 Å². The van der Waals surface area contributed by atoms with Crippen molar-refractivity contribution in [1.82, 2.24) is 10.2 Å². The molecule has 0 rings (SSSR count). The molecule has 0 saturated heterocycles. The van der Waals surface area contributed by atoms with Gasteiger partial charge in [0.2, 0.25) is 5.91 Å². The molecule has 5 nitrogen and oxygen atoms in total. The Morgan fingerprint density at radius 3 is 2.44 bits per heavy atom. The molecule has 16 heavy (non-hydrogen) atoms. The van der Waals surface area contributed by atoms with Gasteiger partial charge < -0.3 is 15.0 Å². The molecule has 5 heteroatoms. The highest BCUT2D eigenvalue weighted by molar-refractivity contribution is 5.83. The van der Waals surface area contributed by atoms with Gasteiger partial charge in [0.1, 0.15) is 6.54 Å². The molecule has 0 aliphatic carbocycles. The molecule has 0 atom stereocenters. The van der Waals surface area contributed by atoms with Crippen molar-refractivity contribution in [1.29, 1.82) is 0 Å². The first-order valence-electron chi connectivity index (χ1n) is 5.59. The van der Waals surface area contributed by atoms with Gasteiger partial charge in [-0.25, -0.2) is 0 Å². The minimum Gasteiger partial charge on any atom is -0.468 e. The van der Waals surface area contributed by atoms with Crippen LogP contribution in [0.15, 0.2) is 0 Å². The van der Waals surface area contributed by atoms with Crippen LogP contribution in [0.25, 0.3) is 0 Å². The van der Waals surface area contributed by atoms with Crippen LogP contribution >= 0.6 is 0 Å². The number of carbonyl (C=O) groups is 2. The third-order valence-electron chi connectivity index (χ3n) is 2.17. The third kappa shape index (κ3) is 5.70. The Kier molecular flexibility index (Phi) is 7.54. The van der Waals surface area contributed by atoms with Gasteiger partial charge in [-0.05, 0) is 26.8 Å². The lowest BCUT2D eigenvalue weighted by Gasteiger charge is -2.25.